The molecule has 0 spiro atoms. The lowest BCUT2D eigenvalue weighted by molar-refractivity contribution is -0.0754. The smallest absolute Gasteiger partial charge is 0.159 e. The predicted octanol–water partition coefficient (Wildman–Crippen LogP) is 4.00. The standard InChI is InChI=1S/C24H29N5O/c1-22(2,30)24-11-18(12-24)28(14-24)20-10-21(26-15-25-20)29-19-9-17(23(3)7-4-8-23)6-5-16(19)13-27-29/h5-6,9-10,13,15,18,30H,4,7-8,11-12,14H2,1-3H3. The highest BCUT2D eigenvalue weighted by Gasteiger charge is 2.62. The number of hydrogen-bond donors (Lipinski definition) is 1. The van der Waals surface area contributed by atoms with Gasteiger partial charge >= 0.3 is 0 Å². The van der Waals surface area contributed by atoms with Crippen molar-refractivity contribution in [3.63, 3.8) is 0 Å². The Balaban J connectivity index is 1.36. The summed E-state index contributed by atoms with van der Waals surface area (Å²) in [5.41, 5.74) is 2.10. The minimum Gasteiger partial charge on any atom is -0.390 e. The molecule has 156 valence electrons. The summed E-state index contributed by atoms with van der Waals surface area (Å²) in [4.78, 5) is 11.5. The van der Waals surface area contributed by atoms with Crippen LogP contribution in [0, 0.1) is 5.41 Å². The Bertz CT molecular complexity index is 1130. The summed E-state index contributed by atoms with van der Waals surface area (Å²) in [6.45, 7) is 7.08. The molecule has 0 radical (unpaired) electrons. The lowest BCUT2D eigenvalue weighted by Gasteiger charge is -2.45. The Labute approximate surface area is 176 Å². The average molecular weight is 404 g/mol. The monoisotopic (exact) mass is 403 g/mol. The summed E-state index contributed by atoms with van der Waals surface area (Å²) >= 11 is 0. The van der Waals surface area contributed by atoms with Gasteiger partial charge < -0.3 is 10.0 Å². The Kier molecular flexibility index (Phi) is 3.55. The van der Waals surface area contributed by atoms with E-state index in [-0.39, 0.29) is 5.41 Å². The second-order valence-electron chi connectivity index (χ2n) is 10.5. The molecular weight excluding hydrogens is 374 g/mol. The molecule has 2 saturated heterocycles. The zero-order valence-electron chi connectivity index (χ0n) is 18.0. The molecule has 2 aromatic heterocycles. The van der Waals surface area contributed by atoms with E-state index in [2.05, 4.69) is 45.1 Å². The molecule has 2 aliphatic heterocycles. The fourth-order valence-electron chi connectivity index (χ4n) is 5.79. The van der Waals surface area contributed by atoms with Crippen molar-refractivity contribution < 1.29 is 5.11 Å². The van der Waals surface area contributed by atoms with Gasteiger partial charge in [0, 0.05) is 29.5 Å². The lowest BCUT2D eigenvalue weighted by atomic mass is 9.61. The number of aromatic nitrogens is 4. The molecular formula is C24H29N5O. The molecule has 30 heavy (non-hydrogen) atoms. The fraction of sp³-hybridized carbons (Fsp3) is 0.542. The van der Waals surface area contributed by atoms with Gasteiger partial charge in [-0.3, -0.25) is 0 Å². The minimum absolute atomic E-state index is 0.0195. The summed E-state index contributed by atoms with van der Waals surface area (Å²) in [5.74, 6) is 1.73. The second-order valence-corrected chi connectivity index (χ2v) is 10.5. The molecule has 7 rings (SSSR count). The third-order valence-corrected chi connectivity index (χ3v) is 8.34. The third kappa shape index (κ3) is 2.43. The highest BCUT2D eigenvalue weighted by molar-refractivity contribution is 5.81. The maximum atomic E-state index is 10.6. The van der Waals surface area contributed by atoms with Crippen molar-refractivity contribution in [3.05, 3.63) is 42.4 Å². The van der Waals surface area contributed by atoms with Gasteiger partial charge in [0.05, 0.1) is 17.3 Å². The van der Waals surface area contributed by atoms with Crippen LogP contribution in [0.4, 0.5) is 5.82 Å². The van der Waals surface area contributed by atoms with Gasteiger partial charge in [0.2, 0.25) is 0 Å². The van der Waals surface area contributed by atoms with E-state index in [1.807, 2.05) is 30.8 Å². The van der Waals surface area contributed by atoms with Gasteiger partial charge in [-0.05, 0) is 56.6 Å². The molecule has 2 bridgehead atoms. The first-order valence-corrected chi connectivity index (χ1v) is 11.1. The SMILES string of the molecule is CC1(c2ccc3cnn(-c4cc(N5CC6(C(C)(C)O)CC5C6)ncn4)c3c2)CCC1. The van der Waals surface area contributed by atoms with E-state index < -0.39 is 5.60 Å². The van der Waals surface area contributed by atoms with E-state index >= 15 is 0 Å². The minimum atomic E-state index is -0.666. The number of hydrogen-bond acceptors (Lipinski definition) is 5. The number of benzene rings is 1. The van der Waals surface area contributed by atoms with Gasteiger partial charge in [0.25, 0.3) is 0 Å². The van der Waals surface area contributed by atoms with Gasteiger partial charge in [-0.1, -0.05) is 25.5 Å². The summed E-state index contributed by atoms with van der Waals surface area (Å²) < 4.78 is 1.94. The average Bonchev–Trinajstić information content (AvgIpc) is 3.36. The van der Waals surface area contributed by atoms with Crippen LogP contribution < -0.4 is 4.90 Å². The van der Waals surface area contributed by atoms with Gasteiger partial charge in [0.15, 0.2) is 5.82 Å². The van der Waals surface area contributed by atoms with Crippen LogP contribution in [0.3, 0.4) is 0 Å². The summed E-state index contributed by atoms with van der Waals surface area (Å²) in [6, 6.07) is 9.23. The van der Waals surface area contributed by atoms with Crippen LogP contribution in [0.5, 0.6) is 0 Å². The first-order chi connectivity index (χ1) is 14.3. The Morgan fingerprint density at radius 1 is 1.10 bits per heavy atom. The zero-order valence-corrected chi connectivity index (χ0v) is 18.0. The molecule has 0 unspecified atom stereocenters. The molecule has 0 amide bonds. The molecule has 0 atom stereocenters. The topological polar surface area (TPSA) is 67.1 Å². The van der Waals surface area contributed by atoms with E-state index in [9.17, 15) is 5.11 Å². The fourth-order valence-corrected chi connectivity index (χ4v) is 5.79. The normalized spacial score (nSPS) is 27.2. The van der Waals surface area contributed by atoms with E-state index in [1.54, 1.807) is 6.33 Å². The van der Waals surface area contributed by atoms with Crippen LogP contribution in [-0.4, -0.2) is 43.0 Å². The maximum Gasteiger partial charge on any atom is 0.159 e. The quantitative estimate of drug-likeness (QED) is 0.713. The molecule has 1 N–H and O–H groups in total. The van der Waals surface area contributed by atoms with Crippen LogP contribution in [0.25, 0.3) is 16.7 Å². The predicted molar refractivity (Wildman–Crippen MR) is 117 cm³/mol. The number of fused-ring (bicyclic) bond motifs is 2. The third-order valence-electron chi connectivity index (χ3n) is 8.34. The number of anilines is 1. The molecule has 3 aromatic rings. The summed E-state index contributed by atoms with van der Waals surface area (Å²) in [6.07, 6.45) is 9.44. The van der Waals surface area contributed by atoms with Crippen LogP contribution >= 0.6 is 0 Å². The van der Waals surface area contributed by atoms with Crippen molar-refractivity contribution in [3.8, 4) is 5.82 Å². The first kappa shape index (κ1) is 18.3. The van der Waals surface area contributed by atoms with Crippen molar-refractivity contribution >= 4 is 16.7 Å². The Hall–Kier alpha value is -2.47. The lowest BCUT2D eigenvalue weighted by Crippen LogP contribution is -2.50. The highest BCUT2D eigenvalue weighted by atomic mass is 16.3. The van der Waals surface area contributed by atoms with Crippen LogP contribution in [-0.2, 0) is 5.41 Å². The molecule has 4 heterocycles. The Morgan fingerprint density at radius 3 is 2.53 bits per heavy atom. The second kappa shape index (κ2) is 5.82. The maximum absolute atomic E-state index is 10.6. The van der Waals surface area contributed by atoms with Crippen LogP contribution in [0.15, 0.2) is 36.8 Å². The van der Waals surface area contributed by atoms with Crippen molar-refractivity contribution in [2.75, 3.05) is 11.4 Å². The van der Waals surface area contributed by atoms with E-state index in [0.29, 0.717) is 11.5 Å². The summed E-state index contributed by atoms with van der Waals surface area (Å²) in [5, 5.41) is 16.4. The number of rotatable bonds is 4. The van der Waals surface area contributed by atoms with Gasteiger partial charge in [-0.2, -0.15) is 5.10 Å². The largest absolute Gasteiger partial charge is 0.390 e. The molecule has 4 fully saturated rings. The zero-order chi connectivity index (χ0) is 20.7. The van der Waals surface area contributed by atoms with Gasteiger partial charge in [-0.15, -0.1) is 0 Å². The van der Waals surface area contributed by atoms with E-state index in [4.69, 9.17) is 0 Å². The highest BCUT2D eigenvalue weighted by Crippen LogP contribution is 2.58. The van der Waals surface area contributed by atoms with Crippen LogP contribution in [0.1, 0.15) is 58.4 Å². The summed E-state index contributed by atoms with van der Waals surface area (Å²) in [7, 11) is 0. The van der Waals surface area contributed by atoms with Crippen LogP contribution in [0.2, 0.25) is 0 Å². The first-order valence-electron chi connectivity index (χ1n) is 11.1. The number of nitrogens with zero attached hydrogens (tertiary/aromatic N) is 5. The molecule has 2 aliphatic carbocycles. The van der Waals surface area contributed by atoms with Crippen molar-refractivity contribution in [2.45, 2.75) is 69.9 Å². The van der Waals surface area contributed by atoms with Gasteiger partial charge in [-0.25, -0.2) is 14.6 Å². The van der Waals surface area contributed by atoms with E-state index in [0.717, 1.165) is 41.9 Å². The molecule has 2 saturated carbocycles. The molecule has 6 nitrogen and oxygen atoms in total. The molecule has 6 heteroatoms. The molecule has 1 aromatic carbocycles. The Morgan fingerprint density at radius 2 is 1.87 bits per heavy atom. The van der Waals surface area contributed by atoms with Gasteiger partial charge in [0.1, 0.15) is 12.1 Å². The van der Waals surface area contributed by atoms with E-state index in [1.165, 1.54) is 24.8 Å². The number of aliphatic hydroxyl groups is 1. The van der Waals surface area contributed by atoms with Crippen molar-refractivity contribution in [2.24, 2.45) is 5.41 Å². The molecule has 4 aliphatic rings. The van der Waals surface area contributed by atoms with Crippen molar-refractivity contribution in [1.82, 2.24) is 19.7 Å². The van der Waals surface area contributed by atoms with Crippen molar-refractivity contribution in [1.29, 1.82) is 0 Å².